The number of rotatable bonds is 5. The lowest BCUT2D eigenvalue weighted by Gasteiger charge is -2.27. The predicted octanol–water partition coefficient (Wildman–Crippen LogP) is 1.76. The normalized spacial score (nSPS) is 14.6. The van der Waals surface area contributed by atoms with E-state index in [-0.39, 0.29) is 10.8 Å². The Bertz CT molecular complexity index is 1080. The fraction of sp³-hybridized carbons (Fsp3) is 0.211. The number of hydrogen-bond acceptors (Lipinski definition) is 8. The predicted molar refractivity (Wildman–Crippen MR) is 110 cm³/mol. The maximum absolute atomic E-state index is 12.7. The molecule has 1 aliphatic rings. The van der Waals surface area contributed by atoms with Gasteiger partial charge in [0.1, 0.15) is 0 Å². The largest absolute Gasteiger partial charge is 0.399 e. The van der Waals surface area contributed by atoms with Crippen molar-refractivity contribution in [2.24, 2.45) is 0 Å². The second-order valence-corrected chi connectivity index (χ2v) is 8.11. The molecule has 0 bridgehead atoms. The van der Waals surface area contributed by atoms with Crippen LogP contribution < -0.4 is 15.4 Å². The van der Waals surface area contributed by atoms with Crippen LogP contribution in [0.3, 0.4) is 0 Å². The number of nitrogens with two attached hydrogens (primary N) is 1. The second-order valence-electron chi connectivity index (χ2n) is 6.42. The molecule has 3 aromatic rings. The van der Waals surface area contributed by atoms with Crippen molar-refractivity contribution in [1.29, 1.82) is 0 Å². The molecule has 0 radical (unpaired) electrons. The van der Waals surface area contributed by atoms with E-state index >= 15 is 0 Å². The summed E-state index contributed by atoms with van der Waals surface area (Å²) in [5, 5.41) is 0. The summed E-state index contributed by atoms with van der Waals surface area (Å²) in [6.45, 7) is 2.31. The Morgan fingerprint density at radius 2 is 1.62 bits per heavy atom. The van der Waals surface area contributed by atoms with E-state index in [4.69, 9.17) is 10.5 Å². The summed E-state index contributed by atoms with van der Waals surface area (Å²) in [7, 11) is -3.83. The van der Waals surface area contributed by atoms with Gasteiger partial charge in [-0.3, -0.25) is 0 Å². The molecular weight excluding hydrogens is 392 g/mol. The van der Waals surface area contributed by atoms with E-state index in [2.05, 4.69) is 19.7 Å². The SMILES string of the molecule is Nc1ccc(-c2nc(NS(=O)(=O)c3ccccc3)nc(N3CCOCC3)n2)cc1. The minimum atomic E-state index is -3.83. The van der Waals surface area contributed by atoms with Gasteiger partial charge >= 0.3 is 0 Å². The number of sulfonamides is 1. The van der Waals surface area contributed by atoms with Gasteiger partial charge in [0.05, 0.1) is 18.1 Å². The average molecular weight is 412 g/mol. The molecule has 9 nitrogen and oxygen atoms in total. The molecule has 1 aromatic heterocycles. The number of nitrogens with one attached hydrogen (secondary N) is 1. The van der Waals surface area contributed by atoms with Crippen molar-refractivity contribution in [3.05, 3.63) is 54.6 Å². The Hall–Kier alpha value is -3.24. The standard InChI is InChI=1S/C19H20N6O3S/c20-15-8-6-14(7-9-15)17-21-18(23-19(22-17)25-10-12-28-13-11-25)24-29(26,27)16-4-2-1-3-5-16/h1-9H,10-13,20H2,(H,21,22,23,24). The smallest absolute Gasteiger partial charge is 0.264 e. The van der Waals surface area contributed by atoms with E-state index < -0.39 is 10.0 Å². The Kier molecular flexibility index (Phi) is 5.28. The van der Waals surface area contributed by atoms with Gasteiger partial charge in [0, 0.05) is 24.3 Å². The van der Waals surface area contributed by atoms with Crippen molar-refractivity contribution in [2.75, 3.05) is 41.7 Å². The highest BCUT2D eigenvalue weighted by atomic mass is 32.2. The van der Waals surface area contributed by atoms with Crippen molar-refractivity contribution in [2.45, 2.75) is 4.90 Å². The number of morpholine rings is 1. The molecule has 2 heterocycles. The topological polar surface area (TPSA) is 123 Å². The van der Waals surface area contributed by atoms with E-state index in [9.17, 15) is 8.42 Å². The number of ether oxygens (including phenoxy) is 1. The van der Waals surface area contributed by atoms with Crippen LogP contribution in [-0.2, 0) is 14.8 Å². The van der Waals surface area contributed by atoms with Gasteiger partial charge in [-0.2, -0.15) is 15.0 Å². The zero-order valence-electron chi connectivity index (χ0n) is 15.5. The summed E-state index contributed by atoms with van der Waals surface area (Å²) >= 11 is 0. The van der Waals surface area contributed by atoms with E-state index in [0.717, 1.165) is 0 Å². The lowest BCUT2D eigenvalue weighted by Crippen LogP contribution is -2.37. The van der Waals surface area contributed by atoms with Crippen LogP contribution in [0.15, 0.2) is 59.5 Å². The zero-order valence-corrected chi connectivity index (χ0v) is 16.3. The summed E-state index contributed by atoms with van der Waals surface area (Å²) in [6.07, 6.45) is 0. The van der Waals surface area contributed by atoms with Crippen molar-refractivity contribution in [3.63, 3.8) is 0 Å². The Morgan fingerprint density at radius 1 is 0.931 bits per heavy atom. The van der Waals surface area contributed by atoms with Crippen LogP contribution >= 0.6 is 0 Å². The molecule has 4 rings (SSSR count). The van der Waals surface area contributed by atoms with Gasteiger partial charge in [-0.15, -0.1) is 0 Å². The fourth-order valence-corrected chi connectivity index (χ4v) is 3.82. The third kappa shape index (κ3) is 4.44. The Balaban J connectivity index is 1.74. The minimum absolute atomic E-state index is 0.0443. The first-order valence-corrected chi connectivity index (χ1v) is 10.5. The quantitative estimate of drug-likeness (QED) is 0.608. The van der Waals surface area contributed by atoms with Crippen LogP contribution in [0.2, 0.25) is 0 Å². The molecule has 1 aliphatic heterocycles. The van der Waals surface area contributed by atoms with Gasteiger partial charge in [0.2, 0.25) is 11.9 Å². The molecule has 0 atom stereocenters. The molecule has 2 aromatic carbocycles. The molecule has 150 valence electrons. The third-order valence-electron chi connectivity index (χ3n) is 4.37. The van der Waals surface area contributed by atoms with Gasteiger partial charge in [0.25, 0.3) is 10.0 Å². The van der Waals surface area contributed by atoms with Crippen LogP contribution in [0.1, 0.15) is 0 Å². The molecule has 1 fully saturated rings. The summed E-state index contributed by atoms with van der Waals surface area (Å²) in [5.74, 6) is 0.699. The highest BCUT2D eigenvalue weighted by Gasteiger charge is 2.20. The monoisotopic (exact) mass is 412 g/mol. The Labute approximate surface area is 168 Å². The molecule has 3 N–H and O–H groups in total. The highest BCUT2D eigenvalue weighted by molar-refractivity contribution is 7.92. The van der Waals surface area contributed by atoms with Crippen LogP contribution in [0, 0.1) is 0 Å². The van der Waals surface area contributed by atoms with E-state index in [1.165, 1.54) is 12.1 Å². The molecule has 0 aliphatic carbocycles. The molecule has 1 saturated heterocycles. The maximum Gasteiger partial charge on any atom is 0.264 e. The first kappa shape index (κ1) is 19.1. The van der Waals surface area contributed by atoms with Crippen LogP contribution in [0.4, 0.5) is 17.6 Å². The highest BCUT2D eigenvalue weighted by Crippen LogP contribution is 2.22. The first-order chi connectivity index (χ1) is 14.0. The van der Waals surface area contributed by atoms with Gasteiger partial charge in [0.15, 0.2) is 5.82 Å². The van der Waals surface area contributed by atoms with Crippen LogP contribution in [-0.4, -0.2) is 49.7 Å². The lowest BCUT2D eigenvalue weighted by molar-refractivity contribution is 0.122. The number of aromatic nitrogens is 3. The zero-order chi connectivity index (χ0) is 20.3. The molecule has 0 unspecified atom stereocenters. The molecule has 10 heteroatoms. The molecule has 0 amide bonds. The van der Waals surface area contributed by atoms with Gasteiger partial charge in [-0.05, 0) is 36.4 Å². The van der Waals surface area contributed by atoms with Gasteiger partial charge in [-0.1, -0.05) is 18.2 Å². The number of anilines is 3. The molecular formula is C19H20N6O3S. The van der Waals surface area contributed by atoms with Crippen molar-refractivity contribution < 1.29 is 13.2 Å². The number of nitrogen functional groups attached to an aromatic ring is 1. The van der Waals surface area contributed by atoms with Crippen molar-refractivity contribution in [3.8, 4) is 11.4 Å². The van der Waals surface area contributed by atoms with Crippen LogP contribution in [0.5, 0.6) is 0 Å². The summed E-state index contributed by atoms with van der Waals surface area (Å²) in [6, 6.07) is 15.1. The third-order valence-corrected chi connectivity index (χ3v) is 5.71. The minimum Gasteiger partial charge on any atom is -0.399 e. The molecule has 0 spiro atoms. The van der Waals surface area contributed by atoms with E-state index in [1.54, 1.807) is 42.5 Å². The lowest BCUT2D eigenvalue weighted by atomic mass is 10.2. The second kappa shape index (κ2) is 8.02. The summed E-state index contributed by atoms with van der Waals surface area (Å²) < 4.78 is 33.3. The molecule has 0 saturated carbocycles. The summed E-state index contributed by atoms with van der Waals surface area (Å²) in [5.41, 5.74) is 7.08. The van der Waals surface area contributed by atoms with Crippen molar-refractivity contribution >= 4 is 27.6 Å². The van der Waals surface area contributed by atoms with Gasteiger partial charge in [-0.25, -0.2) is 13.1 Å². The number of nitrogens with zero attached hydrogens (tertiary/aromatic N) is 4. The van der Waals surface area contributed by atoms with Gasteiger partial charge < -0.3 is 15.4 Å². The fourth-order valence-electron chi connectivity index (χ4n) is 2.86. The average Bonchev–Trinajstić information content (AvgIpc) is 2.75. The number of hydrogen-bond donors (Lipinski definition) is 2. The van der Waals surface area contributed by atoms with Crippen LogP contribution in [0.25, 0.3) is 11.4 Å². The van der Waals surface area contributed by atoms with Crippen molar-refractivity contribution in [1.82, 2.24) is 15.0 Å². The molecule has 29 heavy (non-hydrogen) atoms. The number of benzene rings is 2. The Morgan fingerprint density at radius 3 is 2.31 bits per heavy atom. The van der Waals surface area contributed by atoms with E-state index in [0.29, 0.717) is 49.3 Å². The van der Waals surface area contributed by atoms with E-state index in [1.807, 2.05) is 4.90 Å². The summed E-state index contributed by atoms with van der Waals surface area (Å²) in [4.78, 5) is 15.3. The maximum atomic E-state index is 12.7. The first-order valence-electron chi connectivity index (χ1n) is 9.04.